The van der Waals surface area contributed by atoms with Crippen molar-refractivity contribution in [2.75, 3.05) is 0 Å². The van der Waals surface area contributed by atoms with Gasteiger partial charge in [-0.3, -0.25) is 0 Å². The zero-order chi connectivity index (χ0) is 10.6. The Bertz CT molecular complexity index is 284. The Balaban J connectivity index is 2.85. The van der Waals surface area contributed by atoms with E-state index < -0.39 is 0 Å². The molecule has 0 saturated heterocycles. The van der Waals surface area contributed by atoms with Gasteiger partial charge in [0.1, 0.15) is 0 Å². The molecule has 0 radical (unpaired) electrons. The van der Waals surface area contributed by atoms with Crippen molar-refractivity contribution in [3.8, 4) is 0 Å². The molecule has 0 N–H and O–H groups in total. The number of rotatable bonds is 4. The first kappa shape index (κ1) is 11.3. The second-order valence-corrected chi connectivity index (χ2v) is 4.44. The number of benzene rings is 1. The second kappa shape index (κ2) is 5.19. The van der Waals surface area contributed by atoms with E-state index >= 15 is 0 Å². The summed E-state index contributed by atoms with van der Waals surface area (Å²) in [5.41, 5.74) is 4.46. The van der Waals surface area contributed by atoms with E-state index in [0.717, 1.165) is 0 Å². The van der Waals surface area contributed by atoms with Gasteiger partial charge in [-0.25, -0.2) is 0 Å². The average molecular weight is 190 g/mol. The van der Waals surface area contributed by atoms with E-state index in [4.69, 9.17) is 0 Å². The lowest BCUT2D eigenvalue weighted by Gasteiger charge is -2.10. The highest BCUT2D eigenvalue weighted by molar-refractivity contribution is 5.32. The minimum Gasteiger partial charge on any atom is -0.0654 e. The highest BCUT2D eigenvalue weighted by Gasteiger charge is 2.02. The summed E-state index contributed by atoms with van der Waals surface area (Å²) in [5.74, 6) is 0.649. The van der Waals surface area contributed by atoms with Gasteiger partial charge in [0.05, 0.1) is 0 Å². The quantitative estimate of drug-likeness (QED) is 0.657. The first-order chi connectivity index (χ1) is 6.65. The second-order valence-electron chi connectivity index (χ2n) is 4.44. The van der Waals surface area contributed by atoms with Crippen molar-refractivity contribution in [2.45, 2.75) is 52.9 Å². The molecule has 0 heteroatoms. The van der Waals surface area contributed by atoms with Gasteiger partial charge in [0.2, 0.25) is 0 Å². The normalized spacial score (nSPS) is 10.9. The van der Waals surface area contributed by atoms with E-state index in [2.05, 4.69) is 45.9 Å². The Morgan fingerprint density at radius 2 is 1.93 bits per heavy atom. The van der Waals surface area contributed by atoms with E-state index in [9.17, 15) is 0 Å². The van der Waals surface area contributed by atoms with Gasteiger partial charge in [-0.05, 0) is 42.4 Å². The van der Waals surface area contributed by atoms with Gasteiger partial charge >= 0.3 is 0 Å². The zero-order valence-electron chi connectivity index (χ0n) is 9.93. The molecule has 0 unspecified atom stereocenters. The lowest BCUT2D eigenvalue weighted by molar-refractivity contribution is 0.785. The largest absolute Gasteiger partial charge is 0.0654 e. The van der Waals surface area contributed by atoms with Crippen LogP contribution in [0.15, 0.2) is 18.2 Å². The van der Waals surface area contributed by atoms with Crippen molar-refractivity contribution in [3.05, 3.63) is 34.9 Å². The number of hydrogen-bond acceptors (Lipinski definition) is 0. The zero-order valence-corrected chi connectivity index (χ0v) is 9.93. The van der Waals surface area contributed by atoms with Crippen LogP contribution in [-0.4, -0.2) is 0 Å². The summed E-state index contributed by atoms with van der Waals surface area (Å²) in [6.45, 7) is 8.99. The van der Waals surface area contributed by atoms with Crippen LogP contribution in [0.5, 0.6) is 0 Å². The first-order valence-corrected chi connectivity index (χ1v) is 5.74. The van der Waals surface area contributed by atoms with E-state index in [1.807, 2.05) is 0 Å². The first-order valence-electron chi connectivity index (χ1n) is 5.74. The minimum absolute atomic E-state index is 0.649. The summed E-state index contributed by atoms with van der Waals surface area (Å²) in [4.78, 5) is 0. The maximum atomic E-state index is 2.38. The smallest absolute Gasteiger partial charge is 0.0219 e. The molecule has 0 aliphatic rings. The molecule has 0 nitrogen and oxygen atoms in total. The summed E-state index contributed by atoms with van der Waals surface area (Å²) < 4.78 is 0. The van der Waals surface area contributed by atoms with Gasteiger partial charge in [0.25, 0.3) is 0 Å². The molecule has 0 heterocycles. The Morgan fingerprint density at radius 1 is 1.21 bits per heavy atom. The maximum absolute atomic E-state index is 2.38. The van der Waals surface area contributed by atoms with Gasteiger partial charge in [-0.2, -0.15) is 0 Å². The van der Waals surface area contributed by atoms with Crippen LogP contribution >= 0.6 is 0 Å². The molecule has 0 bridgehead atoms. The number of aryl methyl sites for hydroxylation is 2. The highest BCUT2D eigenvalue weighted by atomic mass is 14.1. The monoisotopic (exact) mass is 190 g/mol. The van der Waals surface area contributed by atoms with Crippen molar-refractivity contribution >= 4 is 0 Å². The van der Waals surface area contributed by atoms with Crippen LogP contribution in [0.3, 0.4) is 0 Å². The molecule has 0 atom stereocenters. The molecule has 0 aromatic heterocycles. The van der Waals surface area contributed by atoms with Gasteiger partial charge in [-0.1, -0.05) is 45.4 Å². The summed E-state index contributed by atoms with van der Waals surface area (Å²) in [6, 6.07) is 6.91. The Labute approximate surface area is 88.4 Å². The van der Waals surface area contributed by atoms with E-state index in [1.54, 1.807) is 0 Å². The fourth-order valence-corrected chi connectivity index (χ4v) is 1.69. The molecule has 1 aromatic rings. The summed E-state index contributed by atoms with van der Waals surface area (Å²) in [5, 5.41) is 0. The van der Waals surface area contributed by atoms with E-state index in [-0.39, 0.29) is 0 Å². The Kier molecular flexibility index (Phi) is 4.19. The van der Waals surface area contributed by atoms with Crippen LogP contribution in [0.1, 0.15) is 56.2 Å². The van der Waals surface area contributed by atoms with Crippen molar-refractivity contribution in [2.24, 2.45) is 0 Å². The molecule has 0 aliphatic carbocycles. The van der Waals surface area contributed by atoms with Crippen LogP contribution in [0.2, 0.25) is 0 Å². The SMILES string of the molecule is CCCCc1cc(C(C)C)ccc1C. The molecule has 0 aliphatic heterocycles. The van der Waals surface area contributed by atoms with Crippen LogP contribution < -0.4 is 0 Å². The third-order valence-corrected chi connectivity index (χ3v) is 2.84. The molecule has 1 rings (SSSR count). The lowest BCUT2D eigenvalue weighted by Crippen LogP contribution is -1.94. The Hall–Kier alpha value is -0.780. The van der Waals surface area contributed by atoms with Crippen molar-refractivity contribution in [1.29, 1.82) is 0 Å². The molecular formula is C14H22. The van der Waals surface area contributed by atoms with Crippen LogP contribution in [0, 0.1) is 6.92 Å². The molecule has 1 aromatic carbocycles. The topological polar surface area (TPSA) is 0 Å². The standard InChI is InChI=1S/C14H22/c1-5-6-7-14-10-13(11(2)3)9-8-12(14)4/h8-11H,5-7H2,1-4H3. The van der Waals surface area contributed by atoms with Crippen LogP contribution in [-0.2, 0) is 6.42 Å². The number of unbranched alkanes of at least 4 members (excludes halogenated alkanes) is 1. The fourth-order valence-electron chi connectivity index (χ4n) is 1.69. The minimum atomic E-state index is 0.649. The molecule has 0 amide bonds. The van der Waals surface area contributed by atoms with Crippen molar-refractivity contribution in [3.63, 3.8) is 0 Å². The maximum Gasteiger partial charge on any atom is -0.0219 e. The molecule has 0 fully saturated rings. The number of hydrogen-bond donors (Lipinski definition) is 0. The van der Waals surface area contributed by atoms with Gasteiger partial charge in [0, 0.05) is 0 Å². The third-order valence-electron chi connectivity index (χ3n) is 2.84. The van der Waals surface area contributed by atoms with Gasteiger partial charge in [0.15, 0.2) is 0 Å². The average Bonchev–Trinajstić information content (AvgIpc) is 2.16. The summed E-state index contributed by atoms with van der Waals surface area (Å²) in [6.07, 6.45) is 3.83. The molecule has 0 saturated carbocycles. The highest BCUT2D eigenvalue weighted by Crippen LogP contribution is 2.19. The molecule has 0 spiro atoms. The Morgan fingerprint density at radius 3 is 2.50 bits per heavy atom. The molecular weight excluding hydrogens is 168 g/mol. The van der Waals surface area contributed by atoms with Gasteiger partial charge < -0.3 is 0 Å². The molecule has 78 valence electrons. The van der Waals surface area contributed by atoms with Gasteiger partial charge in [-0.15, -0.1) is 0 Å². The van der Waals surface area contributed by atoms with Crippen molar-refractivity contribution < 1.29 is 0 Å². The van der Waals surface area contributed by atoms with Crippen LogP contribution in [0.4, 0.5) is 0 Å². The van der Waals surface area contributed by atoms with E-state index in [1.165, 1.54) is 36.0 Å². The summed E-state index contributed by atoms with van der Waals surface area (Å²) in [7, 11) is 0. The van der Waals surface area contributed by atoms with E-state index in [0.29, 0.717) is 5.92 Å². The summed E-state index contributed by atoms with van der Waals surface area (Å²) >= 11 is 0. The fraction of sp³-hybridized carbons (Fsp3) is 0.571. The lowest BCUT2D eigenvalue weighted by atomic mass is 9.95. The van der Waals surface area contributed by atoms with Crippen LogP contribution in [0.25, 0.3) is 0 Å². The predicted molar refractivity (Wildman–Crippen MR) is 63.9 cm³/mol. The third kappa shape index (κ3) is 2.87. The predicted octanol–water partition coefficient (Wildman–Crippen LogP) is 4.46. The van der Waals surface area contributed by atoms with Crippen molar-refractivity contribution in [1.82, 2.24) is 0 Å². The molecule has 14 heavy (non-hydrogen) atoms.